The van der Waals surface area contributed by atoms with Gasteiger partial charge in [0.2, 0.25) is 0 Å². The van der Waals surface area contributed by atoms with E-state index in [9.17, 15) is 4.79 Å². The first kappa shape index (κ1) is 13.8. The molecule has 0 saturated carbocycles. The van der Waals surface area contributed by atoms with Gasteiger partial charge in [0.25, 0.3) is 5.91 Å². The number of carbonyl (C=O) groups is 1. The van der Waals surface area contributed by atoms with Gasteiger partial charge >= 0.3 is 0 Å². The van der Waals surface area contributed by atoms with Crippen LogP contribution in [0.5, 0.6) is 0 Å². The molecule has 0 aliphatic heterocycles. The van der Waals surface area contributed by atoms with Crippen LogP contribution in [0.3, 0.4) is 0 Å². The first-order valence-corrected chi connectivity index (χ1v) is 7.35. The second-order valence-electron chi connectivity index (χ2n) is 4.65. The molecule has 1 N–H and O–H groups in total. The highest BCUT2D eigenvalue weighted by molar-refractivity contribution is 7.14. The number of nitrogens with one attached hydrogen (secondary N) is 1. The van der Waals surface area contributed by atoms with Gasteiger partial charge in [-0.05, 0) is 43.0 Å². The molecule has 1 heterocycles. The minimum Gasteiger partial charge on any atom is -0.347 e. The average Bonchev–Trinajstić information content (AvgIpc) is 2.79. The van der Waals surface area contributed by atoms with E-state index >= 15 is 0 Å². The molecule has 2 rings (SSSR count). The first-order valence-electron chi connectivity index (χ1n) is 6.53. The summed E-state index contributed by atoms with van der Waals surface area (Å²) in [4.78, 5) is 14.2. The van der Waals surface area contributed by atoms with Gasteiger partial charge in [-0.2, -0.15) is 0 Å². The molecule has 1 aromatic carbocycles. The Bertz CT molecular complexity index is 586. The van der Waals surface area contributed by atoms with Crippen LogP contribution in [0, 0.1) is 13.8 Å². The average molecular weight is 273 g/mol. The predicted molar refractivity (Wildman–Crippen MR) is 80.8 cm³/mol. The maximum atomic E-state index is 12.1. The van der Waals surface area contributed by atoms with Gasteiger partial charge in [0.1, 0.15) is 0 Å². The third kappa shape index (κ3) is 3.24. The smallest absolute Gasteiger partial charge is 0.261 e. The Kier molecular flexibility index (Phi) is 4.38. The molecule has 0 aliphatic carbocycles. The highest BCUT2D eigenvalue weighted by atomic mass is 32.1. The van der Waals surface area contributed by atoms with Crippen molar-refractivity contribution in [3.8, 4) is 0 Å². The number of thiophene rings is 1. The van der Waals surface area contributed by atoms with Crippen molar-refractivity contribution in [1.82, 2.24) is 5.32 Å². The van der Waals surface area contributed by atoms with Crippen LogP contribution in [-0.4, -0.2) is 5.91 Å². The summed E-state index contributed by atoms with van der Waals surface area (Å²) in [5, 5.41) is 2.99. The molecule has 0 saturated heterocycles. The standard InChI is InChI=1S/C16H19NOS/c1-4-13-9-15(19-12(13)3)16(18)17-10-14-8-6-5-7-11(14)2/h5-9H,4,10H2,1-3H3,(H,17,18). The molecule has 100 valence electrons. The molecule has 0 aliphatic rings. The topological polar surface area (TPSA) is 29.1 Å². The normalized spacial score (nSPS) is 10.5. The van der Waals surface area contributed by atoms with Crippen LogP contribution in [0.25, 0.3) is 0 Å². The van der Waals surface area contributed by atoms with Crippen molar-refractivity contribution < 1.29 is 4.79 Å². The molecule has 0 atom stereocenters. The van der Waals surface area contributed by atoms with E-state index < -0.39 is 0 Å². The molecule has 0 fully saturated rings. The molecule has 0 spiro atoms. The number of rotatable bonds is 4. The number of amides is 1. The van der Waals surface area contributed by atoms with E-state index in [1.165, 1.54) is 21.6 Å². The second kappa shape index (κ2) is 6.02. The van der Waals surface area contributed by atoms with E-state index in [-0.39, 0.29) is 5.91 Å². The van der Waals surface area contributed by atoms with Gasteiger partial charge in [-0.3, -0.25) is 4.79 Å². The lowest BCUT2D eigenvalue weighted by Gasteiger charge is -2.06. The highest BCUT2D eigenvalue weighted by Crippen LogP contribution is 2.22. The van der Waals surface area contributed by atoms with E-state index in [0.29, 0.717) is 6.54 Å². The number of carbonyl (C=O) groups excluding carboxylic acids is 1. The van der Waals surface area contributed by atoms with Crippen LogP contribution in [0.15, 0.2) is 30.3 Å². The van der Waals surface area contributed by atoms with Crippen LogP contribution >= 0.6 is 11.3 Å². The molecular formula is C16H19NOS. The van der Waals surface area contributed by atoms with Gasteiger partial charge in [0.15, 0.2) is 0 Å². The lowest BCUT2D eigenvalue weighted by Crippen LogP contribution is -2.22. The van der Waals surface area contributed by atoms with E-state index in [1.54, 1.807) is 11.3 Å². The largest absolute Gasteiger partial charge is 0.347 e. The van der Waals surface area contributed by atoms with Crippen LogP contribution in [-0.2, 0) is 13.0 Å². The second-order valence-corrected chi connectivity index (χ2v) is 5.91. The van der Waals surface area contributed by atoms with Gasteiger partial charge < -0.3 is 5.32 Å². The summed E-state index contributed by atoms with van der Waals surface area (Å²) in [7, 11) is 0. The van der Waals surface area contributed by atoms with E-state index in [1.807, 2.05) is 24.3 Å². The van der Waals surface area contributed by atoms with Crippen LogP contribution in [0.4, 0.5) is 0 Å². The van der Waals surface area contributed by atoms with E-state index in [4.69, 9.17) is 0 Å². The maximum absolute atomic E-state index is 12.1. The molecule has 0 unspecified atom stereocenters. The molecule has 19 heavy (non-hydrogen) atoms. The van der Waals surface area contributed by atoms with Gasteiger partial charge in [-0.1, -0.05) is 31.2 Å². The van der Waals surface area contributed by atoms with Crippen molar-refractivity contribution in [3.63, 3.8) is 0 Å². The monoisotopic (exact) mass is 273 g/mol. The zero-order valence-electron chi connectivity index (χ0n) is 11.6. The third-order valence-corrected chi connectivity index (χ3v) is 4.42. The number of benzene rings is 1. The quantitative estimate of drug-likeness (QED) is 0.900. The molecule has 1 aromatic heterocycles. The van der Waals surface area contributed by atoms with Crippen molar-refractivity contribution in [2.75, 3.05) is 0 Å². The van der Waals surface area contributed by atoms with Crippen LogP contribution < -0.4 is 5.32 Å². The maximum Gasteiger partial charge on any atom is 0.261 e. The van der Waals surface area contributed by atoms with Gasteiger partial charge in [-0.25, -0.2) is 0 Å². The Labute approximate surface area is 118 Å². The summed E-state index contributed by atoms with van der Waals surface area (Å²) < 4.78 is 0. The molecule has 2 aromatic rings. The third-order valence-electron chi connectivity index (χ3n) is 3.33. The minimum atomic E-state index is 0.0241. The van der Waals surface area contributed by atoms with Gasteiger partial charge in [0, 0.05) is 11.4 Å². The SMILES string of the molecule is CCc1cc(C(=O)NCc2ccccc2C)sc1C. The van der Waals surface area contributed by atoms with E-state index in [2.05, 4.69) is 32.2 Å². The van der Waals surface area contributed by atoms with Crippen molar-refractivity contribution in [3.05, 3.63) is 56.8 Å². The predicted octanol–water partition coefficient (Wildman–Crippen LogP) is 3.86. The van der Waals surface area contributed by atoms with Crippen molar-refractivity contribution >= 4 is 17.2 Å². The summed E-state index contributed by atoms with van der Waals surface area (Å²) in [5.41, 5.74) is 3.64. The summed E-state index contributed by atoms with van der Waals surface area (Å²) in [6.07, 6.45) is 0.980. The van der Waals surface area contributed by atoms with Crippen LogP contribution in [0.1, 0.15) is 38.2 Å². The van der Waals surface area contributed by atoms with Crippen LogP contribution in [0.2, 0.25) is 0 Å². The fourth-order valence-corrected chi connectivity index (χ4v) is 3.08. The molecule has 0 radical (unpaired) electrons. The molecule has 2 nitrogen and oxygen atoms in total. The lowest BCUT2D eigenvalue weighted by atomic mass is 10.1. The first-order chi connectivity index (χ1) is 9.11. The zero-order valence-corrected chi connectivity index (χ0v) is 12.4. The Morgan fingerprint density at radius 2 is 1.95 bits per heavy atom. The zero-order chi connectivity index (χ0) is 13.8. The summed E-state index contributed by atoms with van der Waals surface area (Å²) in [5.74, 6) is 0.0241. The molecule has 1 amide bonds. The molecular weight excluding hydrogens is 254 g/mol. The summed E-state index contributed by atoms with van der Waals surface area (Å²) in [6, 6.07) is 10.1. The fraction of sp³-hybridized carbons (Fsp3) is 0.312. The van der Waals surface area contributed by atoms with Crippen molar-refractivity contribution in [1.29, 1.82) is 0 Å². The molecule has 0 bridgehead atoms. The highest BCUT2D eigenvalue weighted by Gasteiger charge is 2.11. The van der Waals surface area contributed by atoms with E-state index in [0.717, 1.165) is 11.3 Å². The van der Waals surface area contributed by atoms with Crippen molar-refractivity contribution in [2.45, 2.75) is 33.7 Å². The Hall–Kier alpha value is -1.61. The summed E-state index contributed by atoms with van der Waals surface area (Å²) >= 11 is 1.57. The molecule has 3 heteroatoms. The Balaban J connectivity index is 2.03. The Morgan fingerprint density at radius 3 is 2.58 bits per heavy atom. The van der Waals surface area contributed by atoms with Gasteiger partial charge in [-0.15, -0.1) is 11.3 Å². The fourth-order valence-electron chi connectivity index (χ4n) is 2.05. The number of hydrogen-bond acceptors (Lipinski definition) is 2. The lowest BCUT2D eigenvalue weighted by molar-refractivity contribution is 0.0955. The van der Waals surface area contributed by atoms with Gasteiger partial charge in [0.05, 0.1) is 4.88 Å². The minimum absolute atomic E-state index is 0.0241. The summed E-state index contributed by atoms with van der Waals surface area (Å²) in [6.45, 7) is 6.83. The Morgan fingerprint density at radius 1 is 1.21 bits per heavy atom. The number of hydrogen-bond donors (Lipinski definition) is 1. The van der Waals surface area contributed by atoms with Crippen molar-refractivity contribution in [2.24, 2.45) is 0 Å². The number of aryl methyl sites for hydroxylation is 3.